The van der Waals surface area contributed by atoms with Crippen molar-refractivity contribution in [1.82, 2.24) is 19.5 Å². The van der Waals surface area contributed by atoms with Gasteiger partial charge in [0.1, 0.15) is 0 Å². The van der Waals surface area contributed by atoms with Crippen LogP contribution in [0.1, 0.15) is 36.6 Å². The maximum absolute atomic E-state index is 12.7. The van der Waals surface area contributed by atoms with E-state index in [1.54, 1.807) is 0 Å². The fraction of sp³-hybridized carbons (Fsp3) is 0.455. The molecule has 0 amide bonds. The number of fused-ring (bicyclic) bond motifs is 1. The first-order valence-corrected chi connectivity index (χ1v) is 12.3. The number of hydrogen-bond acceptors (Lipinski definition) is 6. The zero-order valence-corrected chi connectivity index (χ0v) is 18.8. The Morgan fingerprint density at radius 3 is 2.65 bits per heavy atom. The number of rotatable bonds is 8. The molecule has 1 fully saturated rings. The van der Waals surface area contributed by atoms with Crippen LogP contribution in [0.15, 0.2) is 36.5 Å². The van der Waals surface area contributed by atoms with E-state index < -0.39 is 10.0 Å². The Morgan fingerprint density at radius 2 is 1.94 bits per heavy atom. The molecule has 4 rings (SSSR count). The molecule has 9 heteroatoms. The minimum atomic E-state index is -3.50. The van der Waals surface area contributed by atoms with Crippen LogP contribution < -0.4 is 10.0 Å². The van der Waals surface area contributed by atoms with Gasteiger partial charge in [0.05, 0.1) is 23.0 Å². The van der Waals surface area contributed by atoms with Crippen LogP contribution in [0.4, 0.5) is 5.69 Å². The summed E-state index contributed by atoms with van der Waals surface area (Å²) in [5, 5.41) is 9.03. The molecule has 166 valence electrons. The molecule has 0 saturated carbocycles. The molecular weight excluding hydrogens is 414 g/mol. The van der Waals surface area contributed by atoms with Gasteiger partial charge in [-0.25, -0.2) is 22.8 Å². The summed E-state index contributed by atoms with van der Waals surface area (Å²) in [6.45, 7) is 6.28. The highest BCUT2D eigenvalue weighted by Gasteiger charge is 2.22. The van der Waals surface area contributed by atoms with E-state index in [1.807, 2.05) is 55.1 Å². The molecule has 1 aromatic carbocycles. The second kappa shape index (κ2) is 9.33. The minimum Gasteiger partial charge on any atom is -0.381 e. The second-order valence-electron chi connectivity index (χ2n) is 7.85. The van der Waals surface area contributed by atoms with Gasteiger partial charge in [-0.05, 0) is 32.3 Å². The monoisotopic (exact) mass is 443 g/mol. The van der Waals surface area contributed by atoms with Gasteiger partial charge in [-0.2, -0.15) is 5.10 Å². The van der Waals surface area contributed by atoms with E-state index in [-0.39, 0.29) is 18.3 Å². The van der Waals surface area contributed by atoms with E-state index in [0.29, 0.717) is 0 Å². The molecule has 2 N–H and O–H groups in total. The summed E-state index contributed by atoms with van der Waals surface area (Å²) in [4.78, 5) is 4.75. The fourth-order valence-electron chi connectivity index (χ4n) is 3.93. The number of anilines is 1. The molecule has 0 bridgehead atoms. The largest absolute Gasteiger partial charge is 0.381 e. The van der Waals surface area contributed by atoms with Crippen molar-refractivity contribution in [3.63, 3.8) is 0 Å². The van der Waals surface area contributed by atoms with Crippen LogP contribution in [0.25, 0.3) is 11.0 Å². The lowest BCUT2D eigenvalue weighted by Gasteiger charge is -2.26. The van der Waals surface area contributed by atoms with E-state index >= 15 is 0 Å². The minimum absolute atomic E-state index is 0.0565. The van der Waals surface area contributed by atoms with Crippen molar-refractivity contribution < 1.29 is 13.2 Å². The molecule has 3 heterocycles. The molecule has 8 nitrogen and oxygen atoms in total. The smallest absolute Gasteiger partial charge is 0.216 e. The van der Waals surface area contributed by atoms with Gasteiger partial charge >= 0.3 is 0 Å². The summed E-state index contributed by atoms with van der Waals surface area (Å²) in [5.74, 6) is -0.0565. The molecule has 0 spiro atoms. The van der Waals surface area contributed by atoms with Crippen molar-refractivity contribution in [1.29, 1.82) is 0 Å². The number of sulfonamides is 1. The predicted octanol–water partition coefficient (Wildman–Crippen LogP) is 2.97. The highest BCUT2D eigenvalue weighted by Crippen LogP contribution is 2.30. The van der Waals surface area contributed by atoms with Crippen LogP contribution in [0.5, 0.6) is 0 Å². The molecule has 1 aliphatic rings. The molecule has 2 aromatic heterocycles. The molecule has 1 aliphatic heterocycles. The Hall–Kier alpha value is -2.49. The van der Waals surface area contributed by atoms with Gasteiger partial charge < -0.3 is 10.1 Å². The lowest BCUT2D eigenvalue weighted by atomic mass is 10.1. The lowest BCUT2D eigenvalue weighted by Crippen LogP contribution is -2.30. The van der Waals surface area contributed by atoms with Gasteiger partial charge in [-0.1, -0.05) is 30.3 Å². The fourth-order valence-corrected chi connectivity index (χ4v) is 5.03. The Morgan fingerprint density at radius 1 is 1.19 bits per heavy atom. The van der Waals surface area contributed by atoms with E-state index in [9.17, 15) is 8.42 Å². The Balaban J connectivity index is 1.63. The SMILES string of the molecule is CCn1ncc2c(NC3CCOCC3)c(CNS(=O)(=O)Cc3ccccc3)c(C)nc21. The Bertz CT molecular complexity index is 1140. The summed E-state index contributed by atoms with van der Waals surface area (Å²) in [5.41, 5.74) is 4.12. The van der Waals surface area contributed by atoms with Gasteiger partial charge in [0.2, 0.25) is 10.0 Å². The number of nitrogens with zero attached hydrogens (tertiary/aromatic N) is 3. The molecule has 0 radical (unpaired) electrons. The quantitative estimate of drug-likeness (QED) is 0.555. The summed E-state index contributed by atoms with van der Waals surface area (Å²) in [6.07, 6.45) is 3.63. The van der Waals surface area contributed by atoms with Crippen LogP contribution >= 0.6 is 0 Å². The number of pyridine rings is 1. The van der Waals surface area contributed by atoms with Gasteiger partial charge in [0.15, 0.2) is 5.65 Å². The van der Waals surface area contributed by atoms with Gasteiger partial charge in [-0.15, -0.1) is 0 Å². The average Bonchev–Trinajstić information content (AvgIpc) is 3.17. The van der Waals surface area contributed by atoms with Gasteiger partial charge in [0.25, 0.3) is 0 Å². The van der Waals surface area contributed by atoms with E-state index in [2.05, 4.69) is 15.1 Å². The predicted molar refractivity (Wildman–Crippen MR) is 121 cm³/mol. The number of ether oxygens (including phenoxy) is 1. The lowest BCUT2D eigenvalue weighted by molar-refractivity contribution is 0.0904. The summed E-state index contributed by atoms with van der Waals surface area (Å²) < 4.78 is 35.5. The maximum atomic E-state index is 12.7. The number of benzene rings is 1. The molecule has 31 heavy (non-hydrogen) atoms. The summed E-state index contributed by atoms with van der Waals surface area (Å²) in [6, 6.07) is 9.45. The van der Waals surface area contributed by atoms with Crippen LogP contribution in [0, 0.1) is 6.92 Å². The van der Waals surface area contributed by atoms with E-state index in [1.165, 1.54) is 0 Å². The average molecular weight is 444 g/mol. The number of aromatic nitrogens is 3. The molecule has 0 unspecified atom stereocenters. The van der Waals surface area contributed by atoms with Crippen LogP contribution in [-0.2, 0) is 33.6 Å². The number of nitrogens with one attached hydrogen (secondary N) is 2. The van der Waals surface area contributed by atoms with Crippen LogP contribution in [0.2, 0.25) is 0 Å². The third-order valence-corrected chi connectivity index (χ3v) is 6.93. The topological polar surface area (TPSA) is 98.1 Å². The van der Waals surface area contributed by atoms with E-state index in [0.717, 1.165) is 66.1 Å². The van der Waals surface area contributed by atoms with Crippen molar-refractivity contribution in [2.45, 2.75) is 51.6 Å². The highest BCUT2D eigenvalue weighted by atomic mass is 32.2. The Labute approximate surface area is 183 Å². The standard InChI is InChI=1S/C22H29N5O3S/c1-3-27-22-20(13-23-27)21(26-18-9-11-30-12-10-18)19(16(2)25-22)14-24-31(28,29)15-17-7-5-4-6-8-17/h4-8,13,18,24H,3,9-12,14-15H2,1-2H3,(H,25,26). The highest BCUT2D eigenvalue weighted by molar-refractivity contribution is 7.88. The molecule has 0 atom stereocenters. The van der Waals surface area contributed by atoms with E-state index in [4.69, 9.17) is 9.72 Å². The first-order chi connectivity index (χ1) is 15.0. The molecular formula is C22H29N5O3S. The molecule has 0 aliphatic carbocycles. The van der Waals surface area contributed by atoms with Crippen LogP contribution in [-0.4, -0.2) is 42.4 Å². The number of aryl methyl sites for hydroxylation is 2. The van der Waals surface area contributed by atoms with Crippen molar-refractivity contribution in [3.8, 4) is 0 Å². The zero-order valence-electron chi connectivity index (χ0n) is 18.0. The summed E-state index contributed by atoms with van der Waals surface area (Å²) >= 11 is 0. The first kappa shape index (κ1) is 21.7. The maximum Gasteiger partial charge on any atom is 0.216 e. The number of hydrogen-bond donors (Lipinski definition) is 2. The van der Waals surface area contributed by atoms with Crippen molar-refractivity contribution in [2.24, 2.45) is 0 Å². The third-order valence-electron chi connectivity index (χ3n) is 5.63. The third kappa shape index (κ3) is 5.06. The normalized spacial score (nSPS) is 15.4. The molecule has 3 aromatic rings. The molecule has 1 saturated heterocycles. The van der Waals surface area contributed by atoms with Gasteiger partial charge in [0, 0.05) is 43.6 Å². The second-order valence-corrected chi connectivity index (χ2v) is 9.65. The van der Waals surface area contributed by atoms with Crippen molar-refractivity contribution >= 4 is 26.7 Å². The van der Waals surface area contributed by atoms with Gasteiger partial charge in [-0.3, -0.25) is 0 Å². The van der Waals surface area contributed by atoms with Crippen LogP contribution in [0.3, 0.4) is 0 Å². The first-order valence-electron chi connectivity index (χ1n) is 10.7. The van der Waals surface area contributed by atoms with Crippen molar-refractivity contribution in [2.75, 3.05) is 18.5 Å². The Kier molecular flexibility index (Phi) is 6.54. The van der Waals surface area contributed by atoms with Crippen molar-refractivity contribution in [3.05, 3.63) is 53.3 Å². The summed E-state index contributed by atoms with van der Waals surface area (Å²) in [7, 11) is -3.50. The zero-order chi connectivity index (χ0) is 21.8.